The van der Waals surface area contributed by atoms with E-state index in [0.717, 1.165) is 35.1 Å². The fourth-order valence-corrected chi connectivity index (χ4v) is 3.82. The Balaban J connectivity index is 1.72. The molecule has 0 saturated carbocycles. The van der Waals surface area contributed by atoms with E-state index in [0.29, 0.717) is 6.42 Å². The Labute approximate surface area is 179 Å². The van der Waals surface area contributed by atoms with Crippen molar-refractivity contribution < 1.29 is 9.90 Å². The van der Waals surface area contributed by atoms with Gasteiger partial charge in [0.05, 0.1) is 0 Å². The van der Waals surface area contributed by atoms with Gasteiger partial charge in [0.25, 0.3) is 0 Å². The van der Waals surface area contributed by atoms with Gasteiger partial charge in [-0.15, -0.1) is 0 Å². The maximum absolute atomic E-state index is 12.9. The van der Waals surface area contributed by atoms with Crippen molar-refractivity contribution >= 4 is 5.91 Å². The highest BCUT2D eigenvalue weighted by atomic mass is 16.3. The molecule has 1 amide bonds. The zero-order valence-electron chi connectivity index (χ0n) is 18.1. The summed E-state index contributed by atoms with van der Waals surface area (Å²) in [6.07, 6.45) is 2.12. The minimum atomic E-state index is -0.188. The fourth-order valence-electron chi connectivity index (χ4n) is 3.82. The summed E-state index contributed by atoms with van der Waals surface area (Å²) in [5.41, 5.74) is 5.02. The van der Waals surface area contributed by atoms with Crippen LogP contribution in [0.25, 0.3) is 0 Å². The first-order valence-corrected chi connectivity index (χ1v) is 10.6. The second kappa shape index (κ2) is 10.1. The monoisotopic (exact) mass is 401 g/mol. The van der Waals surface area contributed by atoms with Crippen LogP contribution in [0.2, 0.25) is 0 Å². The highest BCUT2D eigenvalue weighted by molar-refractivity contribution is 5.78. The predicted octanol–water partition coefficient (Wildman–Crippen LogP) is 5.67. The van der Waals surface area contributed by atoms with Crippen molar-refractivity contribution in [2.45, 2.75) is 52.0 Å². The average Bonchev–Trinajstić information content (AvgIpc) is 2.76. The molecule has 0 fully saturated rings. The Morgan fingerprint density at radius 3 is 2.23 bits per heavy atom. The maximum atomic E-state index is 12.9. The lowest BCUT2D eigenvalue weighted by atomic mass is 9.86. The average molecular weight is 402 g/mol. The Morgan fingerprint density at radius 1 is 0.933 bits per heavy atom. The van der Waals surface area contributed by atoms with E-state index in [1.807, 2.05) is 81.4 Å². The zero-order valence-corrected chi connectivity index (χ0v) is 18.1. The van der Waals surface area contributed by atoms with Crippen LogP contribution < -0.4 is 5.32 Å². The molecule has 0 aliphatic heterocycles. The van der Waals surface area contributed by atoms with Gasteiger partial charge in [0.15, 0.2) is 0 Å². The summed E-state index contributed by atoms with van der Waals surface area (Å²) in [4.78, 5) is 12.9. The number of aryl methyl sites for hydroxylation is 2. The molecule has 2 N–H and O–H groups in total. The van der Waals surface area contributed by atoms with Gasteiger partial charge in [0.1, 0.15) is 5.75 Å². The summed E-state index contributed by atoms with van der Waals surface area (Å²) in [5.74, 6) is 0.0997. The number of hydrogen-bond acceptors (Lipinski definition) is 2. The van der Waals surface area contributed by atoms with Crippen molar-refractivity contribution in [2.75, 3.05) is 0 Å². The van der Waals surface area contributed by atoms with Gasteiger partial charge < -0.3 is 10.4 Å². The molecule has 3 aromatic rings. The van der Waals surface area contributed by atoms with E-state index < -0.39 is 0 Å². The molecule has 0 spiro atoms. The van der Waals surface area contributed by atoms with Crippen molar-refractivity contribution in [3.05, 3.63) is 101 Å². The standard InChI is InChI=1S/C27H31NO2/c1-19-14-17-24(27(30)21(19)3)25(23-12-8-5-9-13-23)18-26(29)28-20(2)15-16-22-10-6-4-7-11-22/h4-14,17,20,25,30H,15-16,18H2,1-3H3,(H,28,29)/t20-,25-/m0/s1. The number of benzene rings is 3. The van der Waals surface area contributed by atoms with Crippen LogP contribution in [0.4, 0.5) is 0 Å². The second-order valence-electron chi connectivity index (χ2n) is 8.11. The number of aromatic hydroxyl groups is 1. The molecule has 0 aliphatic rings. The van der Waals surface area contributed by atoms with E-state index in [1.165, 1.54) is 5.56 Å². The van der Waals surface area contributed by atoms with E-state index >= 15 is 0 Å². The lowest BCUT2D eigenvalue weighted by Gasteiger charge is -2.22. The zero-order chi connectivity index (χ0) is 21.5. The molecule has 0 saturated heterocycles. The quantitative estimate of drug-likeness (QED) is 0.511. The Morgan fingerprint density at radius 2 is 1.57 bits per heavy atom. The Hall–Kier alpha value is -3.07. The van der Waals surface area contributed by atoms with Crippen molar-refractivity contribution in [2.24, 2.45) is 0 Å². The molecular weight excluding hydrogens is 370 g/mol. The molecule has 3 nitrogen and oxygen atoms in total. The molecule has 3 heteroatoms. The number of phenolic OH excluding ortho intramolecular Hbond substituents is 1. The van der Waals surface area contributed by atoms with Gasteiger partial charge in [0.2, 0.25) is 5.91 Å². The molecule has 0 bridgehead atoms. The molecule has 0 heterocycles. The third kappa shape index (κ3) is 5.50. The molecule has 0 aliphatic carbocycles. The summed E-state index contributed by atoms with van der Waals surface area (Å²) in [6, 6.07) is 24.3. The molecule has 0 radical (unpaired) electrons. The minimum absolute atomic E-state index is 0.00189. The van der Waals surface area contributed by atoms with Gasteiger partial charge in [-0.2, -0.15) is 0 Å². The van der Waals surface area contributed by atoms with Gasteiger partial charge in [0, 0.05) is 23.9 Å². The largest absolute Gasteiger partial charge is 0.507 e. The first-order chi connectivity index (χ1) is 14.5. The van der Waals surface area contributed by atoms with Crippen LogP contribution in [0.1, 0.15) is 53.5 Å². The number of hydrogen-bond donors (Lipinski definition) is 2. The molecule has 156 valence electrons. The van der Waals surface area contributed by atoms with Gasteiger partial charge in [-0.25, -0.2) is 0 Å². The number of carbonyl (C=O) groups is 1. The lowest BCUT2D eigenvalue weighted by Crippen LogP contribution is -2.34. The summed E-state index contributed by atoms with van der Waals surface area (Å²) in [5, 5.41) is 13.9. The third-order valence-corrected chi connectivity index (χ3v) is 5.82. The second-order valence-corrected chi connectivity index (χ2v) is 8.11. The highest BCUT2D eigenvalue weighted by Crippen LogP contribution is 2.36. The number of carbonyl (C=O) groups excluding carboxylic acids is 1. The van der Waals surface area contributed by atoms with Crippen LogP contribution in [0, 0.1) is 13.8 Å². The van der Waals surface area contributed by atoms with Crippen LogP contribution in [0.5, 0.6) is 5.75 Å². The first kappa shape index (κ1) is 21.6. The number of phenols is 1. The van der Waals surface area contributed by atoms with Gasteiger partial charge in [-0.1, -0.05) is 72.8 Å². The van der Waals surface area contributed by atoms with Crippen LogP contribution >= 0.6 is 0 Å². The molecular formula is C27H31NO2. The molecule has 0 aromatic heterocycles. The smallest absolute Gasteiger partial charge is 0.221 e. The molecule has 30 heavy (non-hydrogen) atoms. The van der Waals surface area contributed by atoms with Crippen LogP contribution in [-0.2, 0) is 11.2 Å². The molecule has 2 atom stereocenters. The minimum Gasteiger partial charge on any atom is -0.507 e. The molecule has 0 unspecified atom stereocenters. The van der Waals surface area contributed by atoms with E-state index in [2.05, 4.69) is 17.4 Å². The van der Waals surface area contributed by atoms with E-state index in [9.17, 15) is 9.90 Å². The van der Waals surface area contributed by atoms with Gasteiger partial charge in [-0.3, -0.25) is 4.79 Å². The maximum Gasteiger partial charge on any atom is 0.221 e. The van der Waals surface area contributed by atoms with Crippen molar-refractivity contribution in [3.8, 4) is 5.75 Å². The van der Waals surface area contributed by atoms with Gasteiger partial charge >= 0.3 is 0 Å². The lowest BCUT2D eigenvalue weighted by molar-refractivity contribution is -0.121. The van der Waals surface area contributed by atoms with Gasteiger partial charge in [-0.05, 0) is 55.9 Å². The topological polar surface area (TPSA) is 49.3 Å². The SMILES string of the molecule is Cc1ccc([C@@H](CC(=O)N[C@@H](C)CCc2ccccc2)c2ccccc2)c(O)c1C. The summed E-state index contributed by atoms with van der Waals surface area (Å²) in [7, 11) is 0. The van der Waals surface area contributed by atoms with E-state index in [-0.39, 0.29) is 23.6 Å². The highest BCUT2D eigenvalue weighted by Gasteiger charge is 2.23. The fraction of sp³-hybridized carbons (Fsp3) is 0.296. The summed E-state index contributed by atoms with van der Waals surface area (Å²) < 4.78 is 0. The van der Waals surface area contributed by atoms with E-state index in [1.54, 1.807) is 0 Å². The predicted molar refractivity (Wildman–Crippen MR) is 123 cm³/mol. The summed E-state index contributed by atoms with van der Waals surface area (Å²) in [6.45, 7) is 5.95. The van der Waals surface area contributed by atoms with Crippen LogP contribution in [0.3, 0.4) is 0 Å². The number of nitrogens with one attached hydrogen (secondary N) is 1. The number of amides is 1. The Kier molecular flexibility index (Phi) is 7.29. The van der Waals surface area contributed by atoms with E-state index in [4.69, 9.17) is 0 Å². The number of rotatable bonds is 8. The first-order valence-electron chi connectivity index (χ1n) is 10.6. The van der Waals surface area contributed by atoms with Crippen LogP contribution in [0.15, 0.2) is 72.8 Å². The Bertz CT molecular complexity index is 967. The van der Waals surface area contributed by atoms with Crippen molar-refractivity contribution in [1.82, 2.24) is 5.32 Å². The third-order valence-electron chi connectivity index (χ3n) is 5.82. The summed E-state index contributed by atoms with van der Waals surface area (Å²) >= 11 is 0. The van der Waals surface area contributed by atoms with Crippen molar-refractivity contribution in [3.63, 3.8) is 0 Å². The molecule has 3 rings (SSSR count). The van der Waals surface area contributed by atoms with Crippen molar-refractivity contribution in [1.29, 1.82) is 0 Å². The molecule has 3 aromatic carbocycles. The normalized spacial score (nSPS) is 12.9. The van der Waals surface area contributed by atoms with Crippen LogP contribution in [-0.4, -0.2) is 17.1 Å².